The minimum atomic E-state index is -3.74. The van der Waals surface area contributed by atoms with Crippen molar-refractivity contribution < 1.29 is 12.6 Å². The molecule has 90 valence electrons. The average Bonchev–Trinajstić information content (AvgIpc) is 2.36. The van der Waals surface area contributed by atoms with Gasteiger partial charge in [-0.2, -0.15) is 8.42 Å². The van der Waals surface area contributed by atoms with E-state index in [1.807, 2.05) is 12.1 Å². The van der Waals surface area contributed by atoms with Crippen LogP contribution in [0.5, 0.6) is 0 Å². The number of pyridine rings is 1. The number of hydrogen-bond donors (Lipinski definition) is 0. The molecular weight excluding hydrogens is 306 g/mol. The second-order valence-corrected chi connectivity index (χ2v) is 5.67. The highest BCUT2D eigenvalue weighted by molar-refractivity contribution is 9.09. The highest BCUT2D eigenvalue weighted by Gasteiger charge is 2.18. The van der Waals surface area contributed by atoms with Crippen LogP contribution in [0.1, 0.15) is 0 Å². The van der Waals surface area contributed by atoms with E-state index in [0.29, 0.717) is 10.8 Å². The Labute approximate surface area is 108 Å². The Kier molecular flexibility index (Phi) is 3.76. The fraction of sp³-hybridized carbons (Fsp3) is 0.182. The van der Waals surface area contributed by atoms with E-state index < -0.39 is 10.1 Å². The van der Waals surface area contributed by atoms with Crippen molar-refractivity contribution in [1.82, 2.24) is 4.98 Å². The van der Waals surface area contributed by atoms with Gasteiger partial charge in [-0.3, -0.25) is 9.17 Å². The summed E-state index contributed by atoms with van der Waals surface area (Å²) >= 11 is 3.12. The monoisotopic (exact) mass is 315 g/mol. The van der Waals surface area contributed by atoms with Crippen LogP contribution in [0.3, 0.4) is 0 Å². The number of para-hydroxylation sites is 1. The molecule has 0 saturated heterocycles. The predicted octanol–water partition coefficient (Wildman–Crippen LogP) is 2.33. The molecule has 0 radical (unpaired) electrons. The summed E-state index contributed by atoms with van der Waals surface area (Å²) in [5, 5.41) is 1.24. The molecule has 0 aliphatic carbocycles. The van der Waals surface area contributed by atoms with E-state index in [4.69, 9.17) is 4.18 Å². The zero-order valence-electron chi connectivity index (χ0n) is 8.84. The van der Waals surface area contributed by atoms with Crippen molar-refractivity contribution in [1.29, 1.82) is 0 Å². The second-order valence-electron chi connectivity index (χ2n) is 3.30. The van der Waals surface area contributed by atoms with Crippen molar-refractivity contribution >= 4 is 37.0 Å². The molecule has 0 unspecified atom stereocenters. The Morgan fingerprint density at radius 1 is 1.24 bits per heavy atom. The smallest absolute Gasteiger partial charge is 0.265 e. The molecule has 0 aliphatic rings. The van der Waals surface area contributed by atoms with E-state index in [9.17, 15) is 8.42 Å². The largest absolute Gasteiger partial charge is 0.299 e. The highest BCUT2D eigenvalue weighted by Crippen LogP contribution is 2.22. The molecule has 0 saturated carbocycles. The lowest BCUT2D eigenvalue weighted by Crippen LogP contribution is -2.09. The third-order valence-electron chi connectivity index (χ3n) is 2.18. The fourth-order valence-electron chi connectivity index (χ4n) is 1.48. The molecule has 0 aliphatic heterocycles. The molecule has 0 spiro atoms. The Balaban J connectivity index is 2.55. The van der Waals surface area contributed by atoms with Crippen LogP contribution in [0.4, 0.5) is 0 Å². The van der Waals surface area contributed by atoms with Crippen molar-refractivity contribution in [2.24, 2.45) is 0 Å². The normalized spacial score (nSPS) is 11.8. The van der Waals surface area contributed by atoms with Gasteiger partial charge in [-0.25, -0.2) is 0 Å². The third kappa shape index (κ3) is 2.65. The quantitative estimate of drug-likeness (QED) is 0.642. The van der Waals surface area contributed by atoms with Crippen LogP contribution in [0.15, 0.2) is 41.4 Å². The summed E-state index contributed by atoms with van der Waals surface area (Å²) in [7, 11) is -3.74. The van der Waals surface area contributed by atoms with Crippen LogP contribution < -0.4 is 0 Å². The molecule has 0 atom stereocenters. The van der Waals surface area contributed by atoms with Crippen LogP contribution in [0.2, 0.25) is 0 Å². The van der Waals surface area contributed by atoms with Gasteiger partial charge >= 0.3 is 0 Å². The molecule has 2 aromatic rings. The number of fused-ring (bicyclic) bond motifs is 1. The van der Waals surface area contributed by atoms with Gasteiger partial charge in [0.1, 0.15) is 4.90 Å². The van der Waals surface area contributed by atoms with Crippen LogP contribution in [-0.2, 0) is 14.3 Å². The number of hydrogen-bond acceptors (Lipinski definition) is 4. The van der Waals surface area contributed by atoms with E-state index in [2.05, 4.69) is 20.9 Å². The second kappa shape index (κ2) is 5.12. The zero-order valence-corrected chi connectivity index (χ0v) is 11.2. The maximum Gasteiger partial charge on any atom is 0.299 e. The first kappa shape index (κ1) is 12.5. The van der Waals surface area contributed by atoms with Crippen molar-refractivity contribution in [3.8, 4) is 0 Å². The predicted molar refractivity (Wildman–Crippen MR) is 68.7 cm³/mol. The molecule has 1 heterocycles. The Hall–Kier alpha value is -0.980. The topological polar surface area (TPSA) is 56.3 Å². The minimum Gasteiger partial charge on any atom is -0.265 e. The molecule has 0 amide bonds. The zero-order chi connectivity index (χ0) is 12.3. The number of nitrogens with zero attached hydrogens (tertiary/aromatic N) is 1. The van der Waals surface area contributed by atoms with Gasteiger partial charge in [0, 0.05) is 16.9 Å². The van der Waals surface area contributed by atoms with Crippen molar-refractivity contribution in [3.05, 3.63) is 36.5 Å². The van der Waals surface area contributed by atoms with Gasteiger partial charge in [0.15, 0.2) is 0 Å². The summed E-state index contributed by atoms with van der Waals surface area (Å²) in [6.07, 6.45) is 1.56. The minimum absolute atomic E-state index is 0.103. The molecule has 0 fully saturated rings. The maximum atomic E-state index is 11.9. The molecule has 0 bridgehead atoms. The van der Waals surface area contributed by atoms with Gasteiger partial charge in [0.2, 0.25) is 0 Å². The summed E-state index contributed by atoms with van der Waals surface area (Å²) in [4.78, 5) is 4.19. The van der Waals surface area contributed by atoms with Gasteiger partial charge in [0.05, 0.1) is 12.1 Å². The molecule has 0 N–H and O–H groups in total. The van der Waals surface area contributed by atoms with E-state index in [-0.39, 0.29) is 11.5 Å². The average molecular weight is 316 g/mol. The standard InChI is InChI=1S/C11H10BrNO3S/c12-6-8-16-17(14,15)10-5-1-3-9-4-2-7-13-11(9)10/h1-5,7H,6,8H2. The number of aromatic nitrogens is 1. The molecule has 1 aromatic carbocycles. The SMILES string of the molecule is O=S(=O)(OCCBr)c1cccc2cccnc12. The van der Waals surface area contributed by atoms with Crippen molar-refractivity contribution in [2.75, 3.05) is 11.9 Å². The Morgan fingerprint density at radius 2 is 2.00 bits per heavy atom. The van der Waals surface area contributed by atoms with Gasteiger partial charge in [-0.1, -0.05) is 34.1 Å². The first-order valence-electron chi connectivity index (χ1n) is 4.94. The summed E-state index contributed by atoms with van der Waals surface area (Å²) in [5.74, 6) is 0. The first-order chi connectivity index (χ1) is 8.15. The molecule has 6 heteroatoms. The van der Waals surface area contributed by atoms with E-state index in [0.717, 1.165) is 5.39 Å². The third-order valence-corrected chi connectivity index (χ3v) is 3.85. The molecule has 2 rings (SSSR count). The number of halogens is 1. The van der Waals surface area contributed by atoms with E-state index in [1.165, 1.54) is 6.07 Å². The van der Waals surface area contributed by atoms with Gasteiger partial charge in [-0.15, -0.1) is 0 Å². The van der Waals surface area contributed by atoms with Crippen LogP contribution in [0, 0.1) is 0 Å². The first-order valence-corrected chi connectivity index (χ1v) is 7.47. The lowest BCUT2D eigenvalue weighted by molar-refractivity contribution is 0.342. The number of rotatable bonds is 4. The van der Waals surface area contributed by atoms with Gasteiger partial charge in [-0.05, 0) is 12.1 Å². The number of alkyl halides is 1. The Bertz CT molecular complexity index is 622. The summed E-state index contributed by atoms with van der Waals surface area (Å²) < 4.78 is 28.7. The molecular formula is C11H10BrNO3S. The Morgan fingerprint density at radius 3 is 2.76 bits per heavy atom. The van der Waals surface area contributed by atoms with Crippen LogP contribution in [-0.4, -0.2) is 25.3 Å². The van der Waals surface area contributed by atoms with Gasteiger partial charge < -0.3 is 0 Å². The fourth-order valence-corrected chi connectivity index (χ4v) is 2.94. The molecule has 17 heavy (non-hydrogen) atoms. The lowest BCUT2D eigenvalue weighted by atomic mass is 10.2. The summed E-state index contributed by atoms with van der Waals surface area (Å²) in [5.41, 5.74) is 0.435. The van der Waals surface area contributed by atoms with Crippen molar-refractivity contribution in [2.45, 2.75) is 4.90 Å². The van der Waals surface area contributed by atoms with Crippen LogP contribution >= 0.6 is 15.9 Å². The maximum absolute atomic E-state index is 11.9. The lowest BCUT2D eigenvalue weighted by Gasteiger charge is -2.06. The van der Waals surface area contributed by atoms with Crippen molar-refractivity contribution in [3.63, 3.8) is 0 Å². The molecule has 4 nitrogen and oxygen atoms in total. The van der Waals surface area contributed by atoms with Gasteiger partial charge in [0.25, 0.3) is 10.1 Å². The van der Waals surface area contributed by atoms with E-state index in [1.54, 1.807) is 18.3 Å². The van der Waals surface area contributed by atoms with E-state index >= 15 is 0 Å². The summed E-state index contributed by atoms with van der Waals surface area (Å²) in [6.45, 7) is 0.103. The van der Waals surface area contributed by atoms with Crippen LogP contribution in [0.25, 0.3) is 10.9 Å². The molecule has 1 aromatic heterocycles. The summed E-state index contributed by atoms with van der Waals surface area (Å²) in [6, 6.07) is 8.56. The highest BCUT2D eigenvalue weighted by atomic mass is 79.9. The number of benzene rings is 1.